The molecule has 1 aliphatic rings. The van der Waals surface area contributed by atoms with Gasteiger partial charge < -0.3 is 18.6 Å². The largest absolute Gasteiger partial charge is 0.490 e. The summed E-state index contributed by atoms with van der Waals surface area (Å²) in [7, 11) is 1.23. The van der Waals surface area contributed by atoms with Crippen molar-refractivity contribution >= 4 is 46.6 Å². The van der Waals surface area contributed by atoms with E-state index >= 15 is 0 Å². The molecule has 0 aliphatic carbocycles. The molecule has 8 nitrogen and oxygen atoms in total. The molecule has 2 aromatic rings. The second-order valence-corrected chi connectivity index (χ2v) is 7.62. The fraction of sp³-hybridized carbons (Fsp3) is 0.286. The van der Waals surface area contributed by atoms with E-state index in [0.717, 1.165) is 16.7 Å². The van der Waals surface area contributed by atoms with Gasteiger partial charge in [-0.1, -0.05) is 11.6 Å². The Balaban J connectivity index is 1.83. The monoisotopic (exact) mass is 465 g/mol. The van der Waals surface area contributed by atoms with Gasteiger partial charge in [0.2, 0.25) is 5.76 Å². The Morgan fingerprint density at radius 1 is 1.19 bits per heavy atom. The quantitative estimate of drug-likeness (QED) is 0.407. The van der Waals surface area contributed by atoms with Gasteiger partial charge in [0, 0.05) is 0 Å². The number of methoxy groups -OCH3 is 1. The Morgan fingerprint density at radius 3 is 2.61 bits per heavy atom. The van der Waals surface area contributed by atoms with E-state index in [1.807, 2.05) is 13.8 Å². The van der Waals surface area contributed by atoms with Gasteiger partial charge in [0.1, 0.15) is 5.76 Å². The van der Waals surface area contributed by atoms with Gasteiger partial charge in [-0.05, 0) is 61.5 Å². The maximum absolute atomic E-state index is 12.8. The number of furan rings is 1. The zero-order chi connectivity index (χ0) is 22.5. The van der Waals surface area contributed by atoms with Crippen LogP contribution in [0.5, 0.6) is 11.5 Å². The minimum atomic E-state index is -0.641. The normalized spacial score (nSPS) is 15.0. The fourth-order valence-corrected chi connectivity index (χ4v) is 3.95. The van der Waals surface area contributed by atoms with Gasteiger partial charge in [0.05, 0.1) is 36.8 Å². The van der Waals surface area contributed by atoms with E-state index in [2.05, 4.69) is 4.74 Å². The van der Waals surface area contributed by atoms with Crippen LogP contribution in [0.25, 0.3) is 6.08 Å². The van der Waals surface area contributed by atoms with Gasteiger partial charge in [0.25, 0.3) is 11.1 Å². The summed E-state index contributed by atoms with van der Waals surface area (Å²) >= 11 is 7.12. The van der Waals surface area contributed by atoms with Gasteiger partial charge in [-0.2, -0.15) is 0 Å². The molecular weight excluding hydrogens is 446 g/mol. The lowest BCUT2D eigenvalue weighted by atomic mass is 10.1. The molecule has 0 saturated carbocycles. The van der Waals surface area contributed by atoms with Gasteiger partial charge in [-0.3, -0.25) is 14.5 Å². The van der Waals surface area contributed by atoms with Crippen LogP contribution < -0.4 is 9.47 Å². The highest BCUT2D eigenvalue weighted by molar-refractivity contribution is 8.18. The number of esters is 1. The van der Waals surface area contributed by atoms with E-state index in [1.165, 1.54) is 19.2 Å². The lowest BCUT2D eigenvalue weighted by Crippen LogP contribution is -2.27. The molecule has 2 amide bonds. The number of nitrogens with zero attached hydrogens (tertiary/aromatic N) is 1. The van der Waals surface area contributed by atoms with Crippen molar-refractivity contribution in [1.82, 2.24) is 4.90 Å². The molecule has 31 heavy (non-hydrogen) atoms. The number of carbonyl (C=O) groups excluding carboxylic acids is 3. The number of imide groups is 1. The van der Waals surface area contributed by atoms with Crippen molar-refractivity contribution in [2.75, 3.05) is 20.3 Å². The van der Waals surface area contributed by atoms with E-state index < -0.39 is 17.1 Å². The SMILES string of the molecule is CCOc1cc(C=C2SC(=O)N(Cc3ccc(C(=O)OC)o3)C2=O)cc(Cl)c1OCC. The molecule has 1 aromatic heterocycles. The fourth-order valence-electron chi connectivity index (χ4n) is 2.84. The summed E-state index contributed by atoms with van der Waals surface area (Å²) in [5, 5.41) is -0.112. The van der Waals surface area contributed by atoms with E-state index in [4.69, 9.17) is 25.5 Å². The van der Waals surface area contributed by atoms with Crippen molar-refractivity contribution in [2.24, 2.45) is 0 Å². The summed E-state index contributed by atoms with van der Waals surface area (Å²) in [4.78, 5) is 37.9. The zero-order valence-electron chi connectivity index (χ0n) is 17.1. The summed E-state index contributed by atoms with van der Waals surface area (Å²) in [6.07, 6.45) is 1.57. The number of halogens is 1. The number of carbonyl (C=O) groups is 3. The summed E-state index contributed by atoms with van der Waals surface area (Å²) < 4.78 is 21.1. The predicted molar refractivity (Wildman–Crippen MR) is 115 cm³/mol. The molecular formula is C21H20ClNO7S. The highest BCUT2D eigenvalue weighted by Gasteiger charge is 2.36. The Bertz CT molecular complexity index is 1050. The van der Waals surface area contributed by atoms with Crippen LogP contribution in [-0.2, 0) is 16.1 Å². The Labute approximate surface area is 188 Å². The van der Waals surface area contributed by atoms with Crippen molar-refractivity contribution in [3.8, 4) is 11.5 Å². The molecule has 0 unspecified atom stereocenters. The first-order chi connectivity index (χ1) is 14.9. The Kier molecular flexibility index (Phi) is 7.29. The van der Waals surface area contributed by atoms with Gasteiger partial charge >= 0.3 is 5.97 Å². The molecule has 3 rings (SSSR count). The molecule has 10 heteroatoms. The van der Waals surface area contributed by atoms with Crippen LogP contribution in [0.4, 0.5) is 4.79 Å². The van der Waals surface area contributed by atoms with E-state index in [1.54, 1.807) is 18.2 Å². The average molecular weight is 466 g/mol. The third-order valence-corrected chi connectivity index (χ3v) is 5.34. The van der Waals surface area contributed by atoms with Crippen LogP contribution in [-0.4, -0.2) is 42.3 Å². The first-order valence-corrected chi connectivity index (χ1v) is 10.6. The van der Waals surface area contributed by atoms with Gasteiger partial charge in [0.15, 0.2) is 11.5 Å². The minimum absolute atomic E-state index is 0.00695. The molecule has 164 valence electrons. The standard InChI is InChI=1S/C21H20ClNO7S/c1-4-28-16-9-12(8-14(22)18(16)29-5-2)10-17-19(24)23(21(26)31-17)11-13-6-7-15(30-13)20(25)27-3/h6-10H,4-5,11H2,1-3H3. The van der Waals surface area contributed by atoms with E-state index in [-0.39, 0.29) is 23.0 Å². The molecule has 0 radical (unpaired) electrons. The number of thioether (sulfide) groups is 1. The van der Waals surface area contributed by atoms with Crippen LogP contribution in [0.2, 0.25) is 5.02 Å². The molecule has 2 heterocycles. The van der Waals surface area contributed by atoms with Gasteiger partial charge in [-0.15, -0.1) is 0 Å². The lowest BCUT2D eigenvalue weighted by molar-refractivity contribution is -0.123. The van der Waals surface area contributed by atoms with Crippen molar-refractivity contribution in [3.05, 3.63) is 51.3 Å². The van der Waals surface area contributed by atoms with Crippen LogP contribution in [0.1, 0.15) is 35.7 Å². The molecule has 1 saturated heterocycles. The maximum Gasteiger partial charge on any atom is 0.373 e. The summed E-state index contributed by atoms with van der Waals surface area (Å²) in [6, 6.07) is 6.27. The highest BCUT2D eigenvalue weighted by atomic mass is 35.5. The highest BCUT2D eigenvalue weighted by Crippen LogP contribution is 2.39. The number of hydrogen-bond donors (Lipinski definition) is 0. The van der Waals surface area contributed by atoms with Crippen molar-refractivity contribution in [2.45, 2.75) is 20.4 Å². The number of benzene rings is 1. The lowest BCUT2D eigenvalue weighted by Gasteiger charge is -2.13. The summed E-state index contributed by atoms with van der Waals surface area (Å²) in [6.45, 7) is 4.40. The Morgan fingerprint density at radius 2 is 1.94 bits per heavy atom. The maximum atomic E-state index is 12.8. The molecule has 0 atom stereocenters. The second-order valence-electron chi connectivity index (χ2n) is 6.22. The molecule has 0 N–H and O–H groups in total. The van der Waals surface area contributed by atoms with Crippen molar-refractivity contribution < 1.29 is 33.0 Å². The number of hydrogen-bond acceptors (Lipinski definition) is 8. The van der Waals surface area contributed by atoms with Crippen LogP contribution in [0.15, 0.2) is 33.6 Å². The van der Waals surface area contributed by atoms with Crippen LogP contribution in [0.3, 0.4) is 0 Å². The smallest absolute Gasteiger partial charge is 0.373 e. The summed E-state index contributed by atoms with van der Waals surface area (Å²) in [5.74, 6) is 0.0368. The van der Waals surface area contributed by atoms with Gasteiger partial charge in [-0.25, -0.2) is 4.79 Å². The number of amides is 2. The van der Waals surface area contributed by atoms with Crippen LogP contribution in [0, 0.1) is 0 Å². The summed E-state index contributed by atoms with van der Waals surface area (Å²) in [5.41, 5.74) is 0.591. The predicted octanol–water partition coefficient (Wildman–Crippen LogP) is 4.75. The third-order valence-electron chi connectivity index (χ3n) is 4.15. The molecule has 0 bridgehead atoms. The van der Waals surface area contributed by atoms with E-state index in [9.17, 15) is 14.4 Å². The van der Waals surface area contributed by atoms with Crippen LogP contribution >= 0.6 is 23.4 Å². The molecule has 1 aliphatic heterocycles. The first-order valence-electron chi connectivity index (χ1n) is 9.39. The zero-order valence-corrected chi connectivity index (χ0v) is 18.7. The topological polar surface area (TPSA) is 95.3 Å². The second kappa shape index (κ2) is 9.93. The van der Waals surface area contributed by atoms with Crippen molar-refractivity contribution in [3.63, 3.8) is 0 Å². The van der Waals surface area contributed by atoms with Crippen molar-refractivity contribution in [1.29, 1.82) is 0 Å². The molecule has 0 spiro atoms. The number of ether oxygens (including phenoxy) is 3. The number of rotatable bonds is 8. The molecule has 1 aromatic carbocycles. The van der Waals surface area contributed by atoms with E-state index in [0.29, 0.717) is 35.3 Å². The third kappa shape index (κ3) is 5.05. The first kappa shape index (κ1) is 22.8. The minimum Gasteiger partial charge on any atom is -0.490 e. The average Bonchev–Trinajstić information content (AvgIpc) is 3.31. The Hall–Kier alpha value is -2.91. The molecule has 1 fully saturated rings.